The van der Waals surface area contributed by atoms with E-state index in [2.05, 4.69) is 26.3 Å². The molecule has 2 atom stereocenters. The molecule has 1 aromatic heterocycles. The average Bonchev–Trinajstić information content (AvgIpc) is 2.75. The van der Waals surface area contributed by atoms with Crippen molar-refractivity contribution in [2.75, 3.05) is 13.2 Å². The van der Waals surface area contributed by atoms with E-state index in [9.17, 15) is 0 Å². The third kappa shape index (κ3) is 2.55. The Morgan fingerprint density at radius 2 is 2.47 bits per heavy atom. The number of hydrogen-bond donors (Lipinski definition) is 2. The van der Waals surface area contributed by atoms with Crippen molar-refractivity contribution in [2.45, 2.75) is 12.5 Å². The van der Waals surface area contributed by atoms with Gasteiger partial charge >= 0.3 is 0 Å². The monoisotopic (exact) mass is 271 g/mol. The molecule has 2 rings (SSSR count). The van der Waals surface area contributed by atoms with E-state index in [4.69, 9.17) is 10.6 Å². The summed E-state index contributed by atoms with van der Waals surface area (Å²) in [4.78, 5) is 4.35. The van der Waals surface area contributed by atoms with Crippen LogP contribution in [0, 0.1) is 5.92 Å². The maximum atomic E-state index is 5.57. The van der Waals surface area contributed by atoms with Crippen LogP contribution in [-0.4, -0.2) is 18.2 Å². The van der Waals surface area contributed by atoms with Gasteiger partial charge in [-0.25, -0.2) is 0 Å². The Bertz CT molecular complexity index is 311. The fraction of sp³-hybridized carbons (Fsp3) is 0.500. The lowest BCUT2D eigenvalue weighted by atomic mass is 9.96. The van der Waals surface area contributed by atoms with E-state index in [0.29, 0.717) is 5.92 Å². The number of nitrogens with two attached hydrogens (primary N) is 1. The molecule has 0 aliphatic carbocycles. The van der Waals surface area contributed by atoms with E-state index in [-0.39, 0.29) is 6.04 Å². The Morgan fingerprint density at radius 1 is 1.60 bits per heavy atom. The molecular weight excluding hydrogens is 258 g/mol. The summed E-state index contributed by atoms with van der Waals surface area (Å²) in [5.74, 6) is 5.99. The lowest BCUT2D eigenvalue weighted by Crippen LogP contribution is -2.34. The summed E-state index contributed by atoms with van der Waals surface area (Å²) in [6, 6.07) is 4.04. The highest BCUT2D eigenvalue weighted by Gasteiger charge is 2.26. The number of aromatic nitrogens is 1. The van der Waals surface area contributed by atoms with E-state index < -0.39 is 0 Å². The second-order valence-electron chi connectivity index (χ2n) is 3.67. The molecule has 0 spiro atoms. The topological polar surface area (TPSA) is 60.2 Å². The molecule has 15 heavy (non-hydrogen) atoms. The van der Waals surface area contributed by atoms with Crippen LogP contribution in [0.15, 0.2) is 22.8 Å². The number of nitrogens with one attached hydrogen (secondary N) is 1. The van der Waals surface area contributed by atoms with Crippen LogP contribution in [-0.2, 0) is 4.74 Å². The number of rotatable bonds is 3. The molecule has 1 aliphatic heterocycles. The fourth-order valence-corrected chi connectivity index (χ4v) is 2.08. The summed E-state index contributed by atoms with van der Waals surface area (Å²) in [7, 11) is 0. The first-order chi connectivity index (χ1) is 7.31. The third-order valence-corrected chi connectivity index (χ3v) is 3.15. The number of nitrogens with zero attached hydrogens (tertiary/aromatic N) is 1. The van der Waals surface area contributed by atoms with Gasteiger partial charge in [0.1, 0.15) is 0 Å². The minimum Gasteiger partial charge on any atom is -0.381 e. The Morgan fingerprint density at radius 3 is 3.00 bits per heavy atom. The smallest absolute Gasteiger partial charge is 0.0683 e. The van der Waals surface area contributed by atoms with E-state index in [1.54, 1.807) is 6.20 Å². The highest BCUT2D eigenvalue weighted by Crippen LogP contribution is 2.27. The normalized spacial score (nSPS) is 22.9. The first-order valence-electron chi connectivity index (χ1n) is 4.96. The van der Waals surface area contributed by atoms with Crippen molar-refractivity contribution in [3.05, 3.63) is 28.5 Å². The van der Waals surface area contributed by atoms with Crippen LogP contribution in [0.1, 0.15) is 18.2 Å². The van der Waals surface area contributed by atoms with Gasteiger partial charge in [0.2, 0.25) is 0 Å². The average molecular weight is 272 g/mol. The van der Waals surface area contributed by atoms with Gasteiger partial charge in [-0.2, -0.15) is 0 Å². The van der Waals surface area contributed by atoms with Crippen molar-refractivity contribution in [1.82, 2.24) is 10.4 Å². The summed E-state index contributed by atoms with van der Waals surface area (Å²) in [5, 5.41) is 0. The molecule has 4 nitrogen and oxygen atoms in total. The zero-order valence-electron chi connectivity index (χ0n) is 8.32. The Labute approximate surface area is 97.3 Å². The van der Waals surface area contributed by atoms with Crippen LogP contribution >= 0.6 is 15.9 Å². The fourth-order valence-electron chi connectivity index (χ4n) is 1.85. The van der Waals surface area contributed by atoms with Crippen molar-refractivity contribution < 1.29 is 4.74 Å². The van der Waals surface area contributed by atoms with E-state index in [0.717, 1.165) is 29.8 Å². The van der Waals surface area contributed by atoms with Gasteiger partial charge in [0.05, 0.1) is 18.3 Å². The van der Waals surface area contributed by atoms with E-state index in [1.165, 1.54) is 0 Å². The second-order valence-corrected chi connectivity index (χ2v) is 4.58. The molecule has 5 heteroatoms. The molecule has 0 radical (unpaired) electrons. The van der Waals surface area contributed by atoms with Crippen LogP contribution in [0.5, 0.6) is 0 Å². The Hall–Kier alpha value is -0.490. The number of ether oxygens (including phenoxy) is 1. The zero-order chi connectivity index (χ0) is 10.7. The van der Waals surface area contributed by atoms with Gasteiger partial charge in [0.15, 0.2) is 0 Å². The molecule has 1 aromatic rings. The van der Waals surface area contributed by atoms with Gasteiger partial charge < -0.3 is 4.74 Å². The van der Waals surface area contributed by atoms with Crippen molar-refractivity contribution in [2.24, 2.45) is 11.8 Å². The second kappa shape index (κ2) is 5.03. The SMILES string of the molecule is NNC(c1ccc(Br)cn1)C1CCOC1. The maximum Gasteiger partial charge on any atom is 0.0683 e. The van der Waals surface area contributed by atoms with Crippen molar-refractivity contribution in [3.63, 3.8) is 0 Å². The van der Waals surface area contributed by atoms with Gasteiger partial charge in [0.25, 0.3) is 0 Å². The highest BCUT2D eigenvalue weighted by molar-refractivity contribution is 9.10. The van der Waals surface area contributed by atoms with Crippen molar-refractivity contribution in [3.8, 4) is 0 Å². The quantitative estimate of drug-likeness (QED) is 0.644. The lowest BCUT2D eigenvalue weighted by Gasteiger charge is -2.20. The summed E-state index contributed by atoms with van der Waals surface area (Å²) in [5.41, 5.74) is 3.79. The van der Waals surface area contributed by atoms with Crippen LogP contribution in [0.4, 0.5) is 0 Å². The van der Waals surface area contributed by atoms with Gasteiger partial charge in [-0.1, -0.05) is 0 Å². The first kappa shape index (κ1) is 11.0. The van der Waals surface area contributed by atoms with Crippen LogP contribution in [0.25, 0.3) is 0 Å². The molecule has 2 heterocycles. The van der Waals surface area contributed by atoms with Gasteiger partial charge in [-0.05, 0) is 34.5 Å². The van der Waals surface area contributed by atoms with Crippen LogP contribution < -0.4 is 11.3 Å². The summed E-state index contributed by atoms with van der Waals surface area (Å²) >= 11 is 3.36. The Balaban J connectivity index is 2.14. The maximum absolute atomic E-state index is 5.57. The van der Waals surface area contributed by atoms with Crippen molar-refractivity contribution in [1.29, 1.82) is 0 Å². The first-order valence-corrected chi connectivity index (χ1v) is 5.76. The lowest BCUT2D eigenvalue weighted by molar-refractivity contribution is 0.176. The summed E-state index contributed by atoms with van der Waals surface area (Å²) in [6.07, 6.45) is 2.82. The highest BCUT2D eigenvalue weighted by atomic mass is 79.9. The molecule has 2 unspecified atom stereocenters. The molecular formula is C10H14BrN3O. The third-order valence-electron chi connectivity index (χ3n) is 2.68. The molecule has 3 N–H and O–H groups in total. The minimum absolute atomic E-state index is 0.0839. The van der Waals surface area contributed by atoms with Crippen molar-refractivity contribution >= 4 is 15.9 Å². The number of hydrazine groups is 1. The summed E-state index contributed by atoms with van der Waals surface area (Å²) in [6.45, 7) is 1.58. The molecule has 1 saturated heterocycles. The zero-order valence-corrected chi connectivity index (χ0v) is 9.90. The number of pyridine rings is 1. The molecule has 1 aliphatic rings. The largest absolute Gasteiger partial charge is 0.381 e. The van der Waals surface area contributed by atoms with E-state index in [1.807, 2.05) is 12.1 Å². The van der Waals surface area contributed by atoms with Gasteiger partial charge in [-0.15, -0.1) is 0 Å². The molecule has 0 saturated carbocycles. The molecule has 0 aromatic carbocycles. The van der Waals surface area contributed by atoms with Gasteiger partial charge in [0, 0.05) is 23.2 Å². The van der Waals surface area contributed by atoms with Crippen LogP contribution in [0.3, 0.4) is 0 Å². The number of halogens is 1. The molecule has 0 bridgehead atoms. The minimum atomic E-state index is 0.0839. The van der Waals surface area contributed by atoms with Gasteiger partial charge in [-0.3, -0.25) is 16.3 Å². The predicted molar refractivity (Wildman–Crippen MR) is 60.9 cm³/mol. The standard InChI is InChI=1S/C10H14BrN3O/c11-8-1-2-9(13-5-8)10(14-12)7-3-4-15-6-7/h1-2,5,7,10,14H,3-4,6,12H2. The molecule has 1 fully saturated rings. The van der Waals surface area contributed by atoms with Crippen LogP contribution in [0.2, 0.25) is 0 Å². The Kier molecular flexibility index (Phi) is 3.69. The molecule has 0 amide bonds. The number of hydrogen-bond acceptors (Lipinski definition) is 4. The molecule has 82 valence electrons. The summed E-state index contributed by atoms with van der Waals surface area (Å²) < 4.78 is 6.33. The predicted octanol–water partition coefficient (Wildman–Crippen LogP) is 1.38. The van der Waals surface area contributed by atoms with E-state index >= 15 is 0 Å².